The molecular weight excluding hydrogens is 423 g/mol. The summed E-state index contributed by atoms with van der Waals surface area (Å²) in [7, 11) is -3.70. The maximum Gasteiger partial charge on any atom is 0.263 e. The van der Waals surface area contributed by atoms with Gasteiger partial charge in [-0.2, -0.15) is 0 Å². The minimum atomic E-state index is -3.70. The van der Waals surface area contributed by atoms with Crippen LogP contribution in [0.25, 0.3) is 0 Å². The van der Waals surface area contributed by atoms with Crippen LogP contribution in [0.1, 0.15) is 6.92 Å². The first kappa shape index (κ1) is 16.4. The fraction of sp³-hybridized carbons (Fsp3) is 0.143. The summed E-state index contributed by atoms with van der Waals surface area (Å²) in [4.78, 5) is 0.196. The predicted octanol–water partition coefficient (Wildman–Crippen LogP) is 4.18. The summed E-state index contributed by atoms with van der Waals surface area (Å²) in [6, 6.07) is 11.9. The van der Waals surface area contributed by atoms with Gasteiger partial charge in [0, 0.05) is 10.1 Å². The molecule has 0 amide bonds. The Morgan fingerprint density at radius 2 is 1.86 bits per heavy atom. The molecule has 112 valence electrons. The van der Waals surface area contributed by atoms with Crippen molar-refractivity contribution < 1.29 is 8.42 Å². The first-order valence-corrected chi connectivity index (χ1v) is 9.19. The first-order valence-electron chi connectivity index (χ1n) is 6.25. The topological polar surface area (TPSA) is 58.2 Å². The van der Waals surface area contributed by atoms with Crippen LogP contribution in [0.2, 0.25) is 5.02 Å². The lowest BCUT2D eigenvalue weighted by atomic mass is 10.3. The number of benzene rings is 2. The van der Waals surface area contributed by atoms with E-state index in [-0.39, 0.29) is 4.90 Å². The first-order chi connectivity index (χ1) is 9.94. The van der Waals surface area contributed by atoms with E-state index in [0.29, 0.717) is 22.9 Å². The van der Waals surface area contributed by atoms with Gasteiger partial charge in [0.1, 0.15) is 4.90 Å². The van der Waals surface area contributed by atoms with E-state index in [0.717, 1.165) is 3.57 Å². The van der Waals surface area contributed by atoms with Gasteiger partial charge < -0.3 is 5.32 Å². The molecule has 0 heterocycles. The monoisotopic (exact) mass is 436 g/mol. The molecule has 7 heteroatoms. The quantitative estimate of drug-likeness (QED) is 0.692. The Morgan fingerprint density at radius 1 is 1.14 bits per heavy atom. The molecular formula is C14H14ClIN2O2S. The van der Waals surface area contributed by atoms with Gasteiger partial charge in [-0.15, -0.1) is 0 Å². The molecule has 0 radical (unpaired) electrons. The van der Waals surface area contributed by atoms with Crippen molar-refractivity contribution in [3.63, 3.8) is 0 Å². The summed E-state index contributed by atoms with van der Waals surface area (Å²) >= 11 is 8.19. The number of hydrogen-bond acceptors (Lipinski definition) is 3. The highest BCUT2D eigenvalue weighted by Gasteiger charge is 2.19. The Bertz CT molecular complexity index is 750. The second-order valence-corrected chi connectivity index (χ2v) is 7.56. The Morgan fingerprint density at radius 3 is 2.52 bits per heavy atom. The van der Waals surface area contributed by atoms with Crippen molar-refractivity contribution in [3.8, 4) is 0 Å². The van der Waals surface area contributed by atoms with Crippen LogP contribution < -0.4 is 10.0 Å². The van der Waals surface area contributed by atoms with Gasteiger partial charge in [0.15, 0.2) is 0 Å². The minimum Gasteiger partial charge on any atom is -0.384 e. The van der Waals surface area contributed by atoms with E-state index < -0.39 is 10.0 Å². The number of anilines is 2. The van der Waals surface area contributed by atoms with Gasteiger partial charge in [0.05, 0.1) is 16.4 Å². The normalized spacial score (nSPS) is 11.2. The lowest BCUT2D eigenvalue weighted by Crippen LogP contribution is -2.15. The molecule has 0 atom stereocenters. The lowest BCUT2D eigenvalue weighted by Gasteiger charge is -2.13. The van der Waals surface area contributed by atoms with Crippen molar-refractivity contribution in [1.82, 2.24) is 0 Å². The molecule has 0 aliphatic rings. The standard InChI is InChI=1S/C14H14ClIN2O2S/c1-2-17-13-5-3-4-6-14(13)21(19,20)18-12-8-7-10(16)9-11(12)15/h3-9,17-18H,2H2,1H3. The highest BCUT2D eigenvalue weighted by Crippen LogP contribution is 2.28. The molecule has 0 saturated heterocycles. The number of sulfonamides is 1. The van der Waals surface area contributed by atoms with E-state index in [4.69, 9.17) is 11.6 Å². The molecule has 21 heavy (non-hydrogen) atoms. The molecule has 0 bridgehead atoms. The molecule has 2 aromatic rings. The van der Waals surface area contributed by atoms with Crippen molar-refractivity contribution in [2.24, 2.45) is 0 Å². The minimum absolute atomic E-state index is 0.196. The van der Waals surface area contributed by atoms with Crippen LogP contribution in [-0.2, 0) is 10.0 Å². The third kappa shape index (κ3) is 4.02. The molecule has 0 saturated carbocycles. The maximum atomic E-state index is 12.5. The molecule has 0 unspecified atom stereocenters. The lowest BCUT2D eigenvalue weighted by molar-refractivity contribution is 0.601. The summed E-state index contributed by atoms with van der Waals surface area (Å²) in [5.41, 5.74) is 0.928. The molecule has 2 aromatic carbocycles. The van der Waals surface area contributed by atoms with Gasteiger partial charge in [-0.05, 0) is 59.8 Å². The Labute approximate surface area is 143 Å². The van der Waals surface area contributed by atoms with Crippen LogP contribution in [0, 0.1) is 3.57 Å². The van der Waals surface area contributed by atoms with Crippen LogP contribution >= 0.6 is 34.2 Å². The summed E-state index contributed by atoms with van der Waals surface area (Å²) in [6.07, 6.45) is 0. The van der Waals surface area contributed by atoms with Crippen molar-refractivity contribution in [3.05, 3.63) is 51.1 Å². The van der Waals surface area contributed by atoms with Gasteiger partial charge in [-0.3, -0.25) is 4.72 Å². The third-order valence-corrected chi connectivity index (χ3v) is 5.13. The van der Waals surface area contributed by atoms with Gasteiger partial charge >= 0.3 is 0 Å². The highest BCUT2D eigenvalue weighted by atomic mass is 127. The van der Waals surface area contributed by atoms with Crippen LogP contribution in [0.5, 0.6) is 0 Å². The Hall–Kier alpha value is -0.990. The largest absolute Gasteiger partial charge is 0.384 e. The molecule has 4 nitrogen and oxygen atoms in total. The maximum absolute atomic E-state index is 12.5. The van der Waals surface area contributed by atoms with Crippen LogP contribution in [0.4, 0.5) is 11.4 Å². The summed E-state index contributed by atoms with van der Waals surface area (Å²) in [6.45, 7) is 2.55. The van der Waals surface area contributed by atoms with Crippen LogP contribution in [-0.4, -0.2) is 15.0 Å². The number of para-hydroxylation sites is 1. The highest BCUT2D eigenvalue weighted by molar-refractivity contribution is 14.1. The Balaban J connectivity index is 2.39. The third-order valence-electron chi connectivity index (χ3n) is 2.72. The summed E-state index contributed by atoms with van der Waals surface area (Å²) in [5.74, 6) is 0. The van der Waals surface area contributed by atoms with E-state index >= 15 is 0 Å². The number of nitrogens with one attached hydrogen (secondary N) is 2. The fourth-order valence-electron chi connectivity index (χ4n) is 1.81. The van der Waals surface area contributed by atoms with E-state index in [1.165, 1.54) is 0 Å². The number of hydrogen-bond donors (Lipinski definition) is 2. The zero-order valence-corrected chi connectivity index (χ0v) is 15.0. The van der Waals surface area contributed by atoms with Gasteiger partial charge in [0.25, 0.3) is 10.0 Å². The van der Waals surface area contributed by atoms with Gasteiger partial charge in [0.2, 0.25) is 0 Å². The Kier molecular flexibility index (Phi) is 5.34. The molecule has 0 aromatic heterocycles. The van der Waals surface area contributed by atoms with Crippen LogP contribution in [0.3, 0.4) is 0 Å². The molecule has 0 aliphatic heterocycles. The van der Waals surface area contributed by atoms with Gasteiger partial charge in [-0.25, -0.2) is 8.42 Å². The zero-order chi connectivity index (χ0) is 15.5. The van der Waals surface area contributed by atoms with E-state index in [1.54, 1.807) is 42.5 Å². The van der Waals surface area contributed by atoms with Crippen LogP contribution in [0.15, 0.2) is 47.4 Å². The van der Waals surface area contributed by atoms with Crippen molar-refractivity contribution >= 4 is 55.6 Å². The van der Waals surface area contributed by atoms with Crippen molar-refractivity contribution in [2.75, 3.05) is 16.6 Å². The van der Waals surface area contributed by atoms with Gasteiger partial charge in [-0.1, -0.05) is 23.7 Å². The summed E-state index contributed by atoms with van der Waals surface area (Å²) < 4.78 is 28.5. The van der Waals surface area contributed by atoms with E-state index in [9.17, 15) is 8.42 Å². The predicted molar refractivity (Wildman–Crippen MR) is 95.6 cm³/mol. The molecule has 0 fully saturated rings. The molecule has 0 aliphatic carbocycles. The smallest absolute Gasteiger partial charge is 0.263 e. The second kappa shape index (κ2) is 6.85. The molecule has 2 rings (SSSR count). The number of halogens is 2. The molecule has 0 spiro atoms. The van der Waals surface area contributed by atoms with Crippen molar-refractivity contribution in [2.45, 2.75) is 11.8 Å². The van der Waals surface area contributed by atoms with E-state index in [2.05, 4.69) is 32.6 Å². The average molecular weight is 437 g/mol. The second-order valence-electron chi connectivity index (χ2n) is 4.26. The fourth-order valence-corrected chi connectivity index (χ4v) is 4.03. The SMILES string of the molecule is CCNc1ccccc1S(=O)(=O)Nc1ccc(I)cc1Cl. The zero-order valence-electron chi connectivity index (χ0n) is 11.2. The average Bonchev–Trinajstić information content (AvgIpc) is 2.43. The van der Waals surface area contributed by atoms with Crippen molar-refractivity contribution in [1.29, 1.82) is 0 Å². The summed E-state index contributed by atoms with van der Waals surface area (Å²) in [5, 5.41) is 3.41. The van der Waals surface area contributed by atoms with E-state index in [1.807, 2.05) is 6.92 Å². The number of rotatable bonds is 5. The molecule has 2 N–H and O–H groups in total.